The summed E-state index contributed by atoms with van der Waals surface area (Å²) in [5.41, 5.74) is 0.361. The number of ether oxygens (including phenoxy) is 2. The van der Waals surface area contributed by atoms with Crippen LogP contribution in [0.1, 0.15) is 27.2 Å². The van der Waals surface area contributed by atoms with E-state index in [9.17, 15) is 0 Å². The molecule has 0 spiro atoms. The molecule has 0 aliphatic carbocycles. The van der Waals surface area contributed by atoms with Gasteiger partial charge in [-0.15, -0.1) is 0 Å². The smallest absolute Gasteiger partial charge is 0.217 e. The molecule has 0 heterocycles. The third-order valence-electron chi connectivity index (χ3n) is 1.98. The molecule has 0 aliphatic heterocycles. The summed E-state index contributed by atoms with van der Waals surface area (Å²) in [6, 6.07) is 0. The van der Waals surface area contributed by atoms with Crippen LogP contribution < -0.4 is 0 Å². The summed E-state index contributed by atoms with van der Waals surface area (Å²) in [4.78, 5) is 2.06. The van der Waals surface area contributed by atoms with Gasteiger partial charge < -0.3 is 9.47 Å². The number of methoxy groups -OCH3 is 2. The molecular weight excluding hydrogens is 166 g/mol. The first-order valence-electron chi connectivity index (χ1n) is 4.66. The highest BCUT2D eigenvalue weighted by molar-refractivity contribution is 4.63. The Bertz CT molecular complexity index is 127. The van der Waals surface area contributed by atoms with Crippen LogP contribution in [0.4, 0.5) is 0 Å². The predicted molar refractivity (Wildman–Crippen MR) is 54.5 cm³/mol. The van der Waals surface area contributed by atoms with Gasteiger partial charge in [0, 0.05) is 20.8 Å². The van der Waals surface area contributed by atoms with Gasteiger partial charge in [-0.25, -0.2) is 0 Å². The number of hydrogen-bond acceptors (Lipinski definition) is 3. The SMILES string of the molecule is COC(OC)N(C)CCC(C)(C)C. The van der Waals surface area contributed by atoms with Crippen LogP contribution in [0.25, 0.3) is 0 Å². The third-order valence-corrected chi connectivity index (χ3v) is 1.98. The molecule has 13 heavy (non-hydrogen) atoms. The Morgan fingerprint density at radius 1 is 1.15 bits per heavy atom. The topological polar surface area (TPSA) is 21.7 Å². The lowest BCUT2D eigenvalue weighted by atomic mass is 9.92. The molecule has 0 saturated heterocycles. The monoisotopic (exact) mass is 189 g/mol. The Balaban J connectivity index is 3.78. The summed E-state index contributed by atoms with van der Waals surface area (Å²) in [5, 5.41) is 0. The van der Waals surface area contributed by atoms with Gasteiger partial charge in [0.2, 0.25) is 6.41 Å². The number of hydrogen-bond donors (Lipinski definition) is 0. The van der Waals surface area contributed by atoms with Gasteiger partial charge in [0.25, 0.3) is 0 Å². The zero-order valence-electron chi connectivity index (χ0n) is 9.76. The number of nitrogens with zero attached hydrogens (tertiary/aromatic N) is 1. The second-order valence-electron chi connectivity index (χ2n) is 4.57. The first-order valence-corrected chi connectivity index (χ1v) is 4.66. The third kappa shape index (κ3) is 6.02. The van der Waals surface area contributed by atoms with Gasteiger partial charge in [-0.3, -0.25) is 4.90 Å². The van der Waals surface area contributed by atoms with Crippen LogP contribution in [0, 0.1) is 5.41 Å². The summed E-state index contributed by atoms with van der Waals surface area (Å²) < 4.78 is 10.3. The highest BCUT2D eigenvalue weighted by atomic mass is 16.7. The van der Waals surface area contributed by atoms with E-state index in [2.05, 4.69) is 25.7 Å². The highest BCUT2D eigenvalue weighted by Crippen LogP contribution is 2.19. The standard InChI is InChI=1S/C10H23NO2/c1-10(2,3)7-8-11(4)9(12-5)13-6/h9H,7-8H2,1-6H3. The van der Waals surface area contributed by atoms with E-state index in [0.717, 1.165) is 13.0 Å². The molecule has 0 aromatic heterocycles. The van der Waals surface area contributed by atoms with Crippen molar-refractivity contribution in [1.29, 1.82) is 0 Å². The van der Waals surface area contributed by atoms with E-state index in [0.29, 0.717) is 5.41 Å². The fourth-order valence-corrected chi connectivity index (χ4v) is 1.07. The average Bonchev–Trinajstić information content (AvgIpc) is 2.02. The van der Waals surface area contributed by atoms with Gasteiger partial charge in [0.15, 0.2) is 0 Å². The van der Waals surface area contributed by atoms with Crippen LogP contribution in [-0.2, 0) is 9.47 Å². The van der Waals surface area contributed by atoms with Gasteiger partial charge in [-0.2, -0.15) is 0 Å². The Hall–Kier alpha value is -0.120. The van der Waals surface area contributed by atoms with Crippen LogP contribution in [0.15, 0.2) is 0 Å². The Morgan fingerprint density at radius 3 is 1.92 bits per heavy atom. The molecule has 0 atom stereocenters. The molecule has 0 unspecified atom stereocenters. The van der Waals surface area contributed by atoms with Crippen LogP contribution in [0.2, 0.25) is 0 Å². The minimum atomic E-state index is -0.220. The molecule has 0 radical (unpaired) electrons. The van der Waals surface area contributed by atoms with Gasteiger partial charge in [0.05, 0.1) is 0 Å². The van der Waals surface area contributed by atoms with Gasteiger partial charge in [0.1, 0.15) is 0 Å². The zero-order chi connectivity index (χ0) is 10.5. The molecule has 80 valence electrons. The van der Waals surface area contributed by atoms with Gasteiger partial charge in [-0.05, 0) is 18.9 Å². The second kappa shape index (κ2) is 5.58. The molecule has 0 fully saturated rings. The molecule has 0 aromatic carbocycles. The van der Waals surface area contributed by atoms with Crippen molar-refractivity contribution in [2.45, 2.75) is 33.6 Å². The van der Waals surface area contributed by atoms with Crippen LogP contribution in [-0.4, -0.2) is 39.1 Å². The predicted octanol–water partition coefficient (Wildman–Crippen LogP) is 1.93. The Morgan fingerprint density at radius 2 is 1.62 bits per heavy atom. The van der Waals surface area contributed by atoms with Crippen molar-refractivity contribution in [1.82, 2.24) is 4.90 Å². The summed E-state index contributed by atoms with van der Waals surface area (Å²) in [6.45, 7) is 7.68. The molecule has 0 rings (SSSR count). The lowest BCUT2D eigenvalue weighted by Crippen LogP contribution is -2.36. The molecule has 0 saturated carbocycles. The molecule has 3 heteroatoms. The summed E-state index contributed by atoms with van der Waals surface area (Å²) in [7, 11) is 5.31. The van der Waals surface area contributed by atoms with Crippen LogP contribution in [0.5, 0.6) is 0 Å². The normalized spacial score (nSPS) is 12.9. The van der Waals surface area contributed by atoms with E-state index < -0.39 is 0 Å². The van der Waals surface area contributed by atoms with Crippen molar-refractivity contribution in [3.05, 3.63) is 0 Å². The first kappa shape index (κ1) is 12.9. The fourth-order valence-electron chi connectivity index (χ4n) is 1.07. The molecule has 0 bridgehead atoms. The van der Waals surface area contributed by atoms with Crippen molar-refractivity contribution < 1.29 is 9.47 Å². The van der Waals surface area contributed by atoms with Crippen LogP contribution in [0.3, 0.4) is 0 Å². The van der Waals surface area contributed by atoms with Gasteiger partial charge >= 0.3 is 0 Å². The first-order chi connectivity index (χ1) is 5.90. The lowest BCUT2D eigenvalue weighted by Gasteiger charge is -2.28. The van der Waals surface area contributed by atoms with E-state index in [-0.39, 0.29) is 6.41 Å². The van der Waals surface area contributed by atoms with Crippen LogP contribution >= 0.6 is 0 Å². The van der Waals surface area contributed by atoms with Crippen molar-refractivity contribution in [2.75, 3.05) is 27.8 Å². The lowest BCUT2D eigenvalue weighted by molar-refractivity contribution is -0.188. The van der Waals surface area contributed by atoms with E-state index in [1.54, 1.807) is 14.2 Å². The van der Waals surface area contributed by atoms with Gasteiger partial charge in [-0.1, -0.05) is 20.8 Å². The van der Waals surface area contributed by atoms with E-state index >= 15 is 0 Å². The second-order valence-corrected chi connectivity index (χ2v) is 4.57. The quantitative estimate of drug-likeness (QED) is 0.617. The molecule has 0 amide bonds. The molecule has 0 aliphatic rings. The summed E-state index contributed by atoms with van der Waals surface area (Å²) in [6.07, 6.45) is 0.912. The molecule has 3 nitrogen and oxygen atoms in total. The Kier molecular flexibility index (Phi) is 5.53. The molecule has 0 aromatic rings. The number of rotatable bonds is 5. The maximum Gasteiger partial charge on any atom is 0.217 e. The Labute approximate surface area is 82.0 Å². The largest absolute Gasteiger partial charge is 0.343 e. The van der Waals surface area contributed by atoms with E-state index in [1.165, 1.54) is 0 Å². The van der Waals surface area contributed by atoms with Crippen molar-refractivity contribution in [3.63, 3.8) is 0 Å². The molecule has 0 N–H and O–H groups in total. The highest BCUT2D eigenvalue weighted by Gasteiger charge is 2.16. The summed E-state index contributed by atoms with van der Waals surface area (Å²) in [5.74, 6) is 0. The minimum Gasteiger partial charge on any atom is -0.343 e. The van der Waals surface area contributed by atoms with Crippen molar-refractivity contribution >= 4 is 0 Å². The minimum absolute atomic E-state index is 0.220. The van der Waals surface area contributed by atoms with Crippen molar-refractivity contribution in [2.24, 2.45) is 5.41 Å². The fraction of sp³-hybridized carbons (Fsp3) is 1.00. The van der Waals surface area contributed by atoms with Crippen molar-refractivity contribution in [3.8, 4) is 0 Å². The maximum absolute atomic E-state index is 5.13. The average molecular weight is 189 g/mol. The molecular formula is C10H23NO2. The van der Waals surface area contributed by atoms with E-state index in [1.807, 2.05) is 7.05 Å². The summed E-state index contributed by atoms with van der Waals surface area (Å²) >= 11 is 0. The zero-order valence-corrected chi connectivity index (χ0v) is 9.76. The van der Waals surface area contributed by atoms with E-state index in [4.69, 9.17) is 9.47 Å². The maximum atomic E-state index is 5.13.